The summed E-state index contributed by atoms with van der Waals surface area (Å²) >= 11 is 6.22. The molecule has 1 aliphatic rings. The van der Waals surface area contributed by atoms with Gasteiger partial charge in [0.05, 0.1) is 5.41 Å². The highest BCUT2D eigenvalue weighted by Gasteiger charge is 2.38. The minimum absolute atomic E-state index is 0.243. The molecule has 1 fully saturated rings. The molecule has 90 valence electrons. The summed E-state index contributed by atoms with van der Waals surface area (Å²) in [6.45, 7) is 1.96. The van der Waals surface area contributed by atoms with Crippen LogP contribution in [0.5, 0.6) is 0 Å². The van der Waals surface area contributed by atoms with Gasteiger partial charge >= 0.3 is 0 Å². The molecule has 0 unspecified atom stereocenters. The molecule has 0 saturated heterocycles. The maximum atomic E-state index is 11.5. The van der Waals surface area contributed by atoms with Crippen molar-refractivity contribution < 1.29 is 9.59 Å². The Bertz CT molecular complexity index is 435. The molecule has 17 heavy (non-hydrogen) atoms. The predicted molar refractivity (Wildman–Crippen MR) is 67.4 cm³/mol. The van der Waals surface area contributed by atoms with E-state index in [-0.39, 0.29) is 5.78 Å². The molecule has 0 heterocycles. The molecule has 0 aromatic heterocycles. The van der Waals surface area contributed by atoms with Crippen LogP contribution in [0.2, 0.25) is 5.02 Å². The average molecular weight is 251 g/mol. The van der Waals surface area contributed by atoms with Crippen molar-refractivity contribution in [2.75, 3.05) is 0 Å². The molecule has 1 aliphatic carbocycles. The van der Waals surface area contributed by atoms with E-state index in [2.05, 4.69) is 0 Å². The van der Waals surface area contributed by atoms with E-state index >= 15 is 0 Å². The quantitative estimate of drug-likeness (QED) is 0.756. The maximum absolute atomic E-state index is 11.5. The molecule has 1 saturated carbocycles. The lowest BCUT2D eigenvalue weighted by atomic mass is 9.69. The number of Topliss-reactive ketones (excluding diaryl/α,β-unsaturated/α-hetero) is 1. The SMILES string of the molecule is Cc1cccc(Cl)c1C1(C=O)CCC(=O)CC1. The van der Waals surface area contributed by atoms with Crippen LogP contribution >= 0.6 is 11.6 Å². The van der Waals surface area contributed by atoms with Gasteiger partial charge in [0.2, 0.25) is 0 Å². The Balaban J connectivity index is 2.48. The highest BCUT2D eigenvalue weighted by molar-refractivity contribution is 6.31. The van der Waals surface area contributed by atoms with Crippen LogP contribution in [-0.4, -0.2) is 12.1 Å². The average Bonchev–Trinajstić information content (AvgIpc) is 2.32. The van der Waals surface area contributed by atoms with Crippen LogP contribution in [0.4, 0.5) is 0 Å². The van der Waals surface area contributed by atoms with Gasteiger partial charge in [-0.25, -0.2) is 0 Å². The molecular weight excluding hydrogens is 236 g/mol. The fourth-order valence-electron chi connectivity index (χ4n) is 2.66. The molecule has 1 aromatic rings. The fraction of sp³-hybridized carbons (Fsp3) is 0.429. The lowest BCUT2D eigenvalue weighted by Gasteiger charge is -2.33. The second-order valence-electron chi connectivity index (χ2n) is 4.74. The van der Waals surface area contributed by atoms with Crippen molar-refractivity contribution in [1.29, 1.82) is 0 Å². The van der Waals surface area contributed by atoms with Crippen LogP contribution in [0.3, 0.4) is 0 Å². The molecule has 1 aromatic carbocycles. The molecular formula is C14H15ClO2. The molecule has 0 N–H and O–H groups in total. The van der Waals surface area contributed by atoms with Gasteiger partial charge in [-0.05, 0) is 37.0 Å². The zero-order valence-electron chi connectivity index (χ0n) is 9.83. The third kappa shape index (κ3) is 2.14. The van der Waals surface area contributed by atoms with Gasteiger partial charge < -0.3 is 4.79 Å². The third-order valence-electron chi connectivity index (χ3n) is 3.65. The predicted octanol–water partition coefficient (Wildman–Crippen LogP) is 3.23. The van der Waals surface area contributed by atoms with Gasteiger partial charge in [-0.2, -0.15) is 0 Å². The molecule has 0 aliphatic heterocycles. The zero-order valence-corrected chi connectivity index (χ0v) is 10.6. The highest BCUT2D eigenvalue weighted by Crippen LogP contribution is 2.41. The molecule has 3 heteroatoms. The van der Waals surface area contributed by atoms with Gasteiger partial charge in [-0.1, -0.05) is 23.7 Å². The van der Waals surface area contributed by atoms with Crippen LogP contribution < -0.4 is 0 Å². The molecule has 0 bridgehead atoms. The fourth-order valence-corrected chi connectivity index (χ4v) is 3.07. The van der Waals surface area contributed by atoms with Crippen LogP contribution in [-0.2, 0) is 15.0 Å². The van der Waals surface area contributed by atoms with Crippen molar-refractivity contribution in [1.82, 2.24) is 0 Å². The topological polar surface area (TPSA) is 34.1 Å². The first-order valence-corrected chi connectivity index (χ1v) is 6.20. The summed E-state index contributed by atoms with van der Waals surface area (Å²) in [4.78, 5) is 22.8. The number of hydrogen-bond donors (Lipinski definition) is 0. The largest absolute Gasteiger partial charge is 0.302 e. The van der Waals surface area contributed by atoms with Crippen molar-refractivity contribution in [3.63, 3.8) is 0 Å². The Morgan fingerprint density at radius 1 is 1.29 bits per heavy atom. The van der Waals surface area contributed by atoms with Crippen LogP contribution in [0.15, 0.2) is 18.2 Å². The minimum atomic E-state index is -0.559. The number of halogens is 1. The zero-order chi connectivity index (χ0) is 12.5. The highest BCUT2D eigenvalue weighted by atomic mass is 35.5. The van der Waals surface area contributed by atoms with Gasteiger partial charge in [-0.15, -0.1) is 0 Å². The Labute approximate surface area is 106 Å². The number of aryl methyl sites for hydroxylation is 1. The summed E-state index contributed by atoms with van der Waals surface area (Å²) in [7, 11) is 0. The van der Waals surface area contributed by atoms with Gasteiger partial charge in [0.15, 0.2) is 0 Å². The number of benzene rings is 1. The standard InChI is InChI=1S/C14H15ClO2/c1-10-3-2-4-12(15)13(10)14(9-16)7-5-11(17)6-8-14/h2-4,9H,5-8H2,1H3. The van der Waals surface area contributed by atoms with E-state index in [1.807, 2.05) is 25.1 Å². The van der Waals surface area contributed by atoms with Crippen molar-refractivity contribution in [2.45, 2.75) is 38.0 Å². The second-order valence-corrected chi connectivity index (χ2v) is 5.15. The molecule has 0 atom stereocenters. The Hall–Kier alpha value is -1.15. The second kappa shape index (κ2) is 4.61. The van der Waals surface area contributed by atoms with Gasteiger partial charge in [0, 0.05) is 17.9 Å². The molecule has 0 amide bonds. The van der Waals surface area contributed by atoms with Crippen molar-refractivity contribution in [3.8, 4) is 0 Å². The summed E-state index contributed by atoms with van der Waals surface area (Å²) in [5.41, 5.74) is 1.37. The normalized spacial score (nSPS) is 19.1. The summed E-state index contributed by atoms with van der Waals surface area (Å²) in [6.07, 6.45) is 3.10. The summed E-state index contributed by atoms with van der Waals surface area (Å²) < 4.78 is 0. The van der Waals surface area contributed by atoms with Gasteiger partial charge in [0.25, 0.3) is 0 Å². The molecule has 0 spiro atoms. The first-order chi connectivity index (χ1) is 8.09. The number of carbonyl (C=O) groups is 2. The van der Waals surface area contributed by atoms with E-state index in [0.717, 1.165) is 17.4 Å². The lowest BCUT2D eigenvalue weighted by molar-refractivity contribution is -0.123. The van der Waals surface area contributed by atoms with Gasteiger partial charge in [0.1, 0.15) is 12.1 Å². The maximum Gasteiger partial charge on any atom is 0.133 e. The van der Waals surface area contributed by atoms with E-state index in [0.29, 0.717) is 30.7 Å². The summed E-state index contributed by atoms with van der Waals surface area (Å²) in [5.74, 6) is 0.243. The van der Waals surface area contributed by atoms with Crippen molar-refractivity contribution >= 4 is 23.7 Å². The Morgan fingerprint density at radius 3 is 2.47 bits per heavy atom. The van der Waals surface area contributed by atoms with Crippen LogP contribution in [0.1, 0.15) is 36.8 Å². The van der Waals surface area contributed by atoms with Crippen molar-refractivity contribution in [2.24, 2.45) is 0 Å². The van der Waals surface area contributed by atoms with E-state index in [9.17, 15) is 9.59 Å². The molecule has 0 radical (unpaired) electrons. The smallest absolute Gasteiger partial charge is 0.133 e. The first kappa shape index (κ1) is 12.3. The summed E-state index contributed by atoms with van der Waals surface area (Å²) in [6, 6.07) is 5.65. The van der Waals surface area contributed by atoms with Crippen LogP contribution in [0, 0.1) is 6.92 Å². The number of ketones is 1. The number of rotatable bonds is 2. The lowest BCUT2D eigenvalue weighted by Crippen LogP contribution is -2.34. The van der Waals surface area contributed by atoms with Crippen LogP contribution in [0.25, 0.3) is 0 Å². The van der Waals surface area contributed by atoms with Gasteiger partial charge in [-0.3, -0.25) is 4.79 Å². The molecule has 2 rings (SSSR count). The number of carbonyl (C=O) groups excluding carboxylic acids is 2. The third-order valence-corrected chi connectivity index (χ3v) is 3.96. The minimum Gasteiger partial charge on any atom is -0.302 e. The molecule has 2 nitrogen and oxygen atoms in total. The monoisotopic (exact) mass is 250 g/mol. The van der Waals surface area contributed by atoms with Crippen molar-refractivity contribution in [3.05, 3.63) is 34.3 Å². The number of hydrogen-bond acceptors (Lipinski definition) is 2. The van der Waals surface area contributed by atoms with E-state index in [4.69, 9.17) is 11.6 Å². The first-order valence-electron chi connectivity index (χ1n) is 5.83. The summed E-state index contributed by atoms with van der Waals surface area (Å²) in [5, 5.41) is 0.631. The van der Waals surface area contributed by atoms with E-state index < -0.39 is 5.41 Å². The van der Waals surface area contributed by atoms with E-state index in [1.54, 1.807) is 0 Å². The van der Waals surface area contributed by atoms with E-state index in [1.165, 1.54) is 0 Å². The Kier molecular flexibility index (Phi) is 3.34. The number of aldehydes is 1. The Morgan fingerprint density at radius 2 is 1.94 bits per heavy atom.